The standard InChI is InChI=1S/C10H12N2O4/c1-3-10(13)11-8-5-4-7(16-2)6-9(8)12(14)15/h4-6H,3H2,1-2H3,(H,11,13). The van der Waals surface area contributed by atoms with Crippen LogP contribution in [0.2, 0.25) is 0 Å². The number of hydrogen-bond donors (Lipinski definition) is 1. The van der Waals surface area contributed by atoms with Crippen LogP contribution >= 0.6 is 0 Å². The van der Waals surface area contributed by atoms with E-state index in [1.165, 1.54) is 19.2 Å². The first-order chi connectivity index (χ1) is 7.58. The molecule has 1 amide bonds. The summed E-state index contributed by atoms with van der Waals surface area (Å²) in [5, 5.41) is 13.2. The third kappa shape index (κ3) is 2.69. The number of rotatable bonds is 4. The fourth-order valence-corrected chi connectivity index (χ4v) is 1.13. The summed E-state index contributed by atoms with van der Waals surface area (Å²) >= 11 is 0. The molecule has 0 atom stereocenters. The molecular formula is C10H12N2O4. The van der Waals surface area contributed by atoms with E-state index in [-0.39, 0.29) is 23.7 Å². The molecule has 16 heavy (non-hydrogen) atoms. The highest BCUT2D eigenvalue weighted by Gasteiger charge is 2.16. The molecular weight excluding hydrogens is 212 g/mol. The summed E-state index contributed by atoms with van der Waals surface area (Å²) in [6, 6.07) is 4.27. The average Bonchev–Trinajstić information content (AvgIpc) is 2.29. The lowest BCUT2D eigenvalue weighted by Gasteiger charge is -2.06. The molecule has 0 aliphatic heterocycles. The predicted molar refractivity (Wildman–Crippen MR) is 58.6 cm³/mol. The monoisotopic (exact) mass is 224 g/mol. The highest BCUT2D eigenvalue weighted by molar-refractivity contribution is 5.93. The van der Waals surface area contributed by atoms with Gasteiger partial charge in [-0.15, -0.1) is 0 Å². The fourth-order valence-electron chi connectivity index (χ4n) is 1.13. The Morgan fingerprint density at radius 3 is 2.75 bits per heavy atom. The Morgan fingerprint density at radius 2 is 2.25 bits per heavy atom. The van der Waals surface area contributed by atoms with E-state index in [9.17, 15) is 14.9 Å². The maximum atomic E-state index is 11.1. The molecule has 0 spiro atoms. The van der Waals surface area contributed by atoms with E-state index in [0.717, 1.165) is 0 Å². The van der Waals surface area contributed by atoms with E-state index in [1.807, 2.05) is 0 Å². The van der Waals surface area contributed by atoms with E-state index in [4.69, 9.17) is 4.74 Å². The molecule has 1 aromatic rings. The minimum Gasteiger partial charge on any atom is -0.496 e. The number of nitro groups is 1. The number of anilines is 1. The van der Waals surface area contributed by atoms with Gasteiger partial charge in [-0.3, -0.25) is 14.9 Å². The molecule has 0 heterocycles. The van der Waals surface area contributed by atoms with Crippen molar-refractivity contribution in [3.8, 4) is 5.75 Å². The van der Waals surface area contributed by atoms with Gasteiger partial charge >= 0.3 is 0 Å². The molecule has 0 saturated carbocycles. The summed E-state index contributed by atoms with van der Waals surface area (Å²) in [7, 11) is 1.42. The molecule has 0 bridgehead atoms. The molecule has 6 nitrogen and oxygen atoms in total. The molecule has 6 heteroatoms. The minimum atomic E-state index is -0.562. The number of nitro benzene ring substituents is 1. The Hall–Kier alpha value is -2.11. The van der Waals surface area contributed by atoms with Crippen LogP contribution in [0.25, 0.3) is 0 Å². The van der Waals surface area contributed by atoms with Crippen molar-refractivity contribution in [3.05, 3.63) is 28.3 Å². The molecule has 0 aliphatic rings. The first kappa shape index (κ1) is 12.0. The lowest BCUT2D eigenvalue weighted by atomic mass is 10.2. The van der Waals surface area contributed by atoms with Crippen LogP contribution in [0.4, 0.5) is 11.4 Å². The van der Waals surface area contributed by atoms with Crippen LogP contribution < -0.4 is 10.1 Å². The third-order valence-corrected chi connectivity index (χ3v) is 2.00. The maximum Gasteiger partial charge on any atom is 0.296 e. The summed E-state index contributed by atoms with van der Waals surface area (Å²) in [6.45, 7) is 1.67. The van der Waals surface area contributed by atoms with E-state index < -0.39 is 4.92 Å². The number of amides is 1. The number of ether oxygens (including phenoxy) is 1. The second kappa shape index (κ2) is 5.11. The normalized spacial score (nSPS) is 9.62. The molecule has 0 unspecified atom stereocenters. The molecule has 1 N–H and O–H groups in total. The quantitative estimate of drug-likeness (QED) is 0.626. The zero-order chi connectivity index (χ0) is 12.1. The van der Waals surface area contributed by atoms with Crippen LogP contribution in [0.15, 0.2) is 18.2 Å². The van der Waals surface area contributed by atoms with Crippen LogP contribution in [0.3, 0.4) is 0 Å². The van der Waals surface area contributed by atoms with E-state index in [1.54, 1.807) is 13.0 Å². The summed E-state index contributed by atoms with van der Waals surface area (Å²) in [5.41, 5.74) is -0.00111. The van der Waals surface area contributed by atoms with Crippen LogP contribution in [0, 0.1) is 10.1 Å². The number of methoxy groups -OCH3 is 1. The zero-order valence-electron chi connectivity index (χ0n) is 9.02. The minimum absolute atomic E-state index is 0.178. The van der Waals surface area contributed by atoms with Gasteiger partial charge in [-0.2, -0.15) is 0 Å². The van der Waals surface area contributed by atoms with Gasteiger partial charge < -0.3 is 10.1 Å². The molecule has 86 valence electrons. The molecule has 1 rings (SSSR count). The second-order valence-electron chi connectivity index (χ2n) is 3.04. The molecule has 0 radical (unpaired) electrons. The Bertz CT molecular complexity index is 417. The van der Waals surface area contributed by atoms with Crippen molar-refractivity contribution in [2.75, 3.05) is 12.4 Å². The highest BCUT2D eigenvalue weighted by Crippen LogP contribution is 2.28. The third-order valence-electron chi connectivity index (χ3n) is 2.00. The maximum absolute atomic E-state index is 11.1. The number of carbonyl (C=O) groups excluding carboxylic acids is 1. The Labute approximate surface area is 92.4 Å². The number of benzene rings is 1. The van der Waals surface area contributed by atoms with Crippen LogP contribution in [0.1, 0.15) is 13.3 Å². The SMILES string of the molecule is CCC(=O)Nc1ccc(OC)cc1[N+](=O)[O-]. The number of nitrogens with one attached hydrogen (secondary N) is 1. The van der Waals surface area contributed by atoms with E-state index in [0.29, 0.717) is 5.75 Å². The van der Waals surface area contributed by atoms with Crippen molar-refractivity contribution < 1.29 is 14.5 Å². The van der Waals surface area contributed by atoms with Gasteiger partial charge in [0.2, 0.25) is 5.91 Å². The van der Waals surface area contributed by atoms with E-state index >= 15 is 0 Å². The lowest BCUT2D eigenvalue weighted by molar-refractivity contribution is -0.384. The molecule has 0 aliphatic carbocycles. The lowest BCUT2D eigenvalue weighted by Crippen LogP contribution is -2.11. The zero-order valence-corrected chi connectivity index (χ0v) is 9.02. The molecule has 0 saturated heterocycles. The Kier molecular flexibility index (Phi) is 3.82. The van der Waals surface area contributed by atoms with Crippen molar-refractivity contribution in [2.24, 2.45) is 0 Å². The van der Waals surface area contributed by atoms with Gasteiger partial charge in [0.25, 0.3) is 5.69 Å². The van der Waals surface area contributed by atoms with Crippen molar-refractivity contribution in [1.82, 2.24) is 0 Å². The van der Waals surface area contributed by atoms with Crippen molar-refractivity contribution in [3.63, 3.8) is 0 Å². The van der Waals surface area contributed by atoms with Crippen LogP contribution in [0.5, 0.6) is 5.75 Å². The van der Waals surface area contributed by atoms with Gasteiger partial charge in [-0.1, -0.05) is 6.92 Å². The van der Waals surface area contributed by atoms with E-state index in [2.05, 4.69) is 5.32 Å². The first-order valence-corrected chi connectivity index (χ1v) is 4.70. The van der Waals surface area contributed by atoms with Crippen molar-refractivity contribution in [1.29, 1.82) is 0 Å². The van der Waals surface area contributed by atoms with Crippen LogP contribution in [-0.4, -0.2) is 17.9 Å². The first-order valence-electron chi connectivity index (χ1n) is 4.70. The topological polar surface area (TPSA) is 81.5 Å². The second-order valence-corrected chi connectivity index (χ2v) is 3.04. The van der Waals surface area contributed by atoms with Crippen LogP contribution in [-0.2, 0) is 4.79 Å². The summed E-state index contributed by atoms with van der Waals surface area (Å²) in [4.78, 5) is 21.3. The summed E-state index contributed by atoms with van der Waals surface area (Å²) < 4.78 is 4.87. The van der Waals surface area contributed by atoms with Gasteiger partial charge in [0.15, 0.2) is 0 Å². The molecule has 0 aromatic heterocycles. The van der Waals surface area contributed by atoms with Crippen molar-refractivity contribution in [2.45, 2.75) is 13.3 Å². The fraction of sp³-hybridized carbons (Fsp3) is 0.300. The number of carbonyl (C=O) groups is 1. The van der Waals surface area contributed by atoms with Gasteiger partial charge in [0.1, 0.15) is 11.4 Å². The molecule has 1 aromatic carbocycles. The van der Waals surface area contributed by atoms with Crippen molar-refractivity contribution >= 4 is 17.3 Å². The Morgan fingerprint density at radius 1 is 1.56 bits per heavy atom. The Balaban J connectivity index is 3.08. The number of nitrogens with zero attached hydrogens (tertiary/aromatic N) is 1. The van der Waals surface area contributed by atoms with Gasteiger partial charge in [-0.25, -0.2) is 0 Å². The molecule has 0 fully saturated rings. The summed E-state index contributed by atoms with van der Waals surface area (Å²) in [6.07, 6.45) is 0.267. The summed E-state index contributed by atoms with van der Waals surface area (Å²) in [5.74, 6) is 0.106. The van der Waals surface area contributed by atoms with Gasteiger partial charge in [0, 0.05) is 6.42 Å². The average molecular weight is 224 g/mol. The smallest absolute Gasteiger partial charge is 0.296 e. The largest absolute Gasteiger partial charge is 0.496 e. The number of hydrogen-bond acceptors (Lipinski definition) is 4. The highest BCUT2D eigenvalue weighted by atomic mass is 16.6. The predicted octanol–water partition coefficient (Wildman–Crippen LogP) is 1.95. The van der Waals surface area contributed by atoms with Gasteiger partial charge in [0.05, 0.1) is 18.1 Å². The van der Waals surface area contributed by atoms with Gasteiger partial charge in [-0.05, 0) is 12.1 Å².